The fourth-order valence-electron chi connectivity index (χ4n) is 2.49. The lowest BCUT2D eigenvalue weighted by molar-refractivity contribution is -0.116. The average molecular weight is 340 g/mol. The Morgan fingerprint density at radius 3 is 2.48 bits per heavy atom. The number of hydrogen-bond donors (Lipinski definition) is 2. The second-order valence-electron chi connectivity index (χ2n) is 5.95. The molecule has 0 atom stereocenters. The molecule has 25 heavy (non-hydrogen) atoms. The zero-order valence-corrected chi connectivity index (χ0v) is 14.9. The second-order valence-corrected chi connectivity index (χ2v) is 5.95. The molecule has 0 aliphatic carbocycles. The van der Waals surface area contributed by atoms with E-state index in [-0.39, 0.29) is 11.8 Å². The highest BCUT2D eigenvalue weighted by molar-refractivity contribution is 5.97. The molecule has 6 nitrogen and oxygen atoms in total. The van der Waals surface area contributed by atoms with Gasteiger partial charge in [-0.05, 0) is 44.5 Å². The number of nitrogens with zero attached hydrogens (tertiary/aromatic N) is 2. The molecule has 0 unspecified atom stereocenters. The number of anilines is 1. The maximum Gasteiger partial charge on any atom is 0.251 e. The first kappa shape index (κ1) is 18.6. The van der Waals surface area contributed by atoms with Gasteiger partial charge in [0.05, 0.1) is 0 Å². The van der Waals surface area contributed by atoms with Gasteiger partial charge in [-0.2, -0.15) is 0 Å². The van der Waals surface area contributed by atoms with Gasteiger partial charge < -0.3 is 10.6 Å². The Kier molecular flexibility index (Phi) is 6.62. The zero-order valence-electron chi connectivity index (χ0n) is 14.9. The summed E-state index contributed by atoms with van der Waals surface area (Å²) in [6.07, 6.45) is 1.82. The number of nitrogens with one attached hydrogen (secondary N) is 2. The van der Waals surface area contributed by atoms with Crippen LogP contribution >= 0.6 is 0 Å². The lowest BCUT2D eigenvalue weighted by Gasteiger charge is -2.08. The fraction of sp³-hybridized carbons (Fsp3) is 0.368. The van der Waals surface area contributed by atoms with Gasteiger partial charge in [0.2, 0.25) is 5.91 Å². The Morgan fingerprint density at radius 1 is 1.08 bits per heavy atom. The Bertz CT molecular complexity index is 739. The highest BCUT2D eigenvalue weighted by atomic mass is 16.2. The van der Waals surface area contributed by atoms with Gasteiger partial charge in [-0.15, -0.1) is 0 Å². The first-order chi connectivity index (χ1) is 12.0. The molecule has 2 N–H and O–H groups in total. The molecule has 6 heteroatoms. The van der Waals surface area contributed by atoms with Crippen molar-refractivity contribution in [2.24, 2.45) is 0 Å². The highest BCUT2D eigenvalue weighted by Gasteiger charge is 2.08. The summed E-state index contributed by atoms with van der Waals surface area (Å²) in [6, 6.07) is 8.84. The number of rotatable bonds is 7. The summed E-state index contributed by atoms with van der Waals surface area (Å²) in [5.41, 5.74) is 2.98. The van der Waals surface area contributed by atoms with Crippen molar-refractivity contribution in [3.8, 4) is 0 Å². The van der Waals surface area contributed by atoms with Crippen molar-refractivity contribution in [3.63, 3.8) is 0 Å². The van der Waals surface area contributed by atoms with E-state index in [1.54, 1.807) is 24.3 Å². The standard InChI is InChI=1S/C19H24N4O2/c1-4-6-18(24)23-16-8-5-7-15(12-16)19(25)20-10-9-17-21-13(2)11-14(3)22-17/h5,7-8,11-12H,4,6,9-10H2,1-3H3,(H,20,25)(H,23,24). The SMILES string of the molecule is CCCC(=O)Nc1cccc(C(=O)NCCc2nc(C)cc(C)n2)c1. The summed E-state index contributed by atoms with van der Waals surface area (Å²) < 4.78 is 0. The summed E-state index contributed by atoms with van der Waals surface area (Å²) >= 11 is 0. The second kappa shape index (κ2) is 8.92. The topological polar surface area (TPSA) is 84.0 Å². The quantitative estimate of drug-likeness (QED) is 0.812. The van der Waals surface area contributed by atoms with Crippen LogP contribution in [-0.2, 0) is 11.2 Å². The Balaban J connectivity index is 1.91. The van der Waals surface area contributed by atoms with Crippen molar-refractivity contribution in [1.29, 1.82) is 0 Å². The molecule has 2 amide bonds. The molecule has 2 rings (SSSR count). The molecule has 0 saturated carbocycles. The van der Waals surface area contributed by atoms with E-state index in [2.05, 4.69) is 20.6 Å². The lowest BCUT2D eigenvalue weighted by atomic mass is 10.2. The molecule has 0 bridgehead atoms. The minimum Gasteiger partial charge on any atom is -0.352 e. The van der Waals surface area contributed by atoms with Crippen molar-refractivity contribution in [3.05, 3.63) is 53.1 Å². The van der Waals surface area contributed by atoms with Crippen LogP contribution in [0.1, 0.15) is 47.3 Å². The Labute approximate surface area is 148 Å². The molecule has 1 aromatic carbocycles. The number of aromatic nitrogens is 2. The Morgan fingerprint density at radius 2 is 1.80 bits per heavy atom. The minimum atomic E-state index is -0.184. The van der Waals surface area contributed by atoms with Gasteiger partial charge in [0, 0.05) is 42.0 Å². The van der Waals surface area contributed by atoms with E-state index in [1.807, 2.05) is 26.8 Å². The molecular weight excluding hydrogens is 316 g/mol. The Hall–Kier alpha value is -2.76. The zero-order chi connectivity index (χ0) is 18.2. The fourth-order valence-corrected chi connectivity index (χ4v) is 2.49. The van der Waals surface area contributed by atoms with Crippen LogP contribution in [0, 0.1) is 13.8 Å². The maximum absolute atomic E-state index is 12.3. The van der Waals surface area contributed by atoms with E-state index in [9.17, 15) is 9.59 Å². The number of amides is 2. The van der Waals surface area contributed by atoms with Crippen molar-refractivity contribution in [2.75, 3.05) is 11.9 Å². The molecule has 2 aromatic rings. The maximum atomic E-state index is 12.3. The van der Waals surface area contributed by atoms with Crippen LogP contribution in [0.3, 0.4) is 0 Å². The summed E-state index contributed by atoms with van der Waals surface area (Å²) in [7, 11) is 0. The predicted octanol–water partition coefficient (Wildman–Crippen LogP) is 2.80. The largest absolute Gasteiger partial charge is 0.352 e. The molecule has 1 heterocycles. The third-order valence-electron chi connectivity index (χ3n) is 3.55. The van der Waals surface area contributed by atoms with Crippen LogP contribution in [-0.4, -0.2) is 28.3 Å². The van der Waals surface area contributed by atoms with Gasteiger partial charge in [-0.3, -0.25) is 9.59 Å². The van der Waals surface area contributed by atoms with Gasteiger partial charge in [0.1, 0.15) is 5.82 Å². The van der Waals surface area contributed by atoms with Gasteiger partial charge in [0.15, 0.2) is 0 Å². The van der Waals surface area contributed by atoms with E-state index < -0.39 is 0 Å². The number of carbonyl (C=O) groups is 2. The molecular formula is C19H24N4O2. The molecule has 132 valence electrons. The van der Waals surface area contributed by atoms with E-state index in [4.69, 9.17) is 0 Å². The van der Waals surface area contributed by atoms with Crippen LogP contribution in [0.5, 0.6) is 0 Å². The lowest BCUT2D eigenvalue weighted by Crippen LogP contribution is -2.26. The van der Waals surface area contributed by atoms with E-state index >= 15 is 0 Å². The third-order valence-corrected chi connectivity index (χ3v) is 3.55. The summed E-state index contributed by atoms with van der Waals surface area (Å²) in [6.45, 7) is 6.25. The number of benzene rings is 1. The molecule has 0 aliphatic heterocycles. The van der Waals surface area contributed by atoms with Crippen LogP contribution in [0.15, 0.2) is 30.3 Å². The monoisotopic (exact) mass is 340 g/mol. The summed E-state index contributed by atoms with van der Waals surface area (Å²) in [4.78, 5) is 32.6. The molecule has 0 spiro atoms. The van der Waals surface area contributed by atoms with Crippen molar-refractivity contribution in [2.45, 2.75) is 40.0 Å². The highest BCUT2D eigenvalue weighted by Crippen LogP contribution is 2.11. The minimum absolute atomic E-state index is 0.0491. The number of aryl methyl sites for hydroxylation is 2. The van der Waals surface area contributed by atoms with Crippen molar-refractivity contribution < 1.29 is 9.59 Å². The van der Waals surface area contributed by atoms with Crippen LogP contribution < -0.4 is 10.6 Å². The van der Waals surface area contributed by atoms with Crippen LogP contribution in [0.25, 0.3) is 0 Å². The van der Waals surface area contributed by atoms with Crippen LogP contribution in [0.2, 0.25) is 0 Å². The first-order valence-electron chi connectivity index (χ1n) is 8.47. The number of carbonyl (C=O) groups excluding carboxylic acids is 2. The van der Waals surface area contributed by atoms with E-state index in [1.165, 1.54) is 0 Å². The van der Waals surface area contributed by atoms with Gasteiger partial charge >= 0.3 is 0 Å². The summed E-state index contributed by atoms with van der Waals surface area (Å²) in [5.74, 6) is 0.487. The smallest absolute Gasteiger partial charge is 0.251 e. The predicted molar refractivity (Wildman–Crippen MR) is 97.5 cm³/mol. The van der Waals surface area contributed by atoms with Gasteiger partial charge in [-0.25, -0.2) is 9.97 Å². The van der Waals surface area contributed by atoms with Crippen molar-refractivity contribution in [1.82, 2.24) is 15.3 Å². The van der Waals surface area contributed by atoms with Crippen molar-refractivity contribution >= 4 is 17.5 Å². The summed E-state index contributed by atoms with van der Waals surface area (Å²) in [5, 5.41) is 5.65. The van der Waals surface area contributed by atoms with E-state index in [0.717, 1.165) is 23.6 Å². The van der Waals surface area contributed by atoms with Crippen LogP contribution in [0.4, 0.5) is 5.69 Å². The molecule has 1 aromatic heterocycles. The normalized spacial score (nSPS) is 10.4. The average Bonchev–Trinajstić information content (AvgIpc) is 2.54. The van der Waals surface area contributed by atoms with E-state index in [0.29, 0.717) is 30.6 Å². The molecule has 0 saturated heterocycles. The number of hydrogen-bond acceptors (Lipinski definition) is 4. The molecule has 0 aliphatic rings. The van der Waals surface area contributed by atoms with Gasteiger partial charge in [0.25, 0.3) is 5.91 Å². The third kappa shape index (κ3) is 5.99. The first-order valence-corrected chi connectivity index (χ1v) is 8.47. The molecule has 0 fully saturated rings. The van der Waals surface area contributed by atoms with Gasteiger partial charge in [-0.1, -0.05) is 13.0 Å². The molecule has 0 radical (unpaired) electrons.